The molecule has 0 saturated carbocycles. The van der Waals surface area contributed by atoms with Crippen molar-refractivity contribution in [1.29, 1.82) is 0 Å². The topological polar surface area (TPSA) is 50.8 Å². The van der Waals surface area contributed by atoms with Gasteiger partial charge in [-0.1, -0.05) is 24.3 Å². The molecule has 1 saturated heterocycles. The van der Waals surface area contributed by atoms with Gasteiger partial charge in [0.05, 0.1) is 18.2 Å². The Hall–Kier alpha value is -2.53. The van der Waals surface area contributed by atoms with Crippen molar-refractivity contribution in [2.75, 3.05) is 26.8 Å². The van der Waals surface area contributed by atoms with Crippen molar-refractivity contribution in [3.8, 4) is 11.5 Å². The van der Waals surface area contributed by atoms with Gasteiger partial charge in [0.1, 0.15) is 18.1 Å². The minimum absolute atomic E-state index is 0.0422. The molecule has 0 aliphatic carbocycles. The van der Waals surface area contributed by atoms with Gasteiger partial charge < -0.3 is 14.8 Å². The molecule has 2 aromatic rings. The molecule has 1 atom stereocenters. The van der Waals surface area contributed by atoms with Crippen molar-refractivity contribution in [2.45, 2.75) is 18.5 Å². The molecule has 2 aliphatic heterocycles. The lowest BCUT2D eigenvalue weighted by molar-refractivity contribution is 0.0888. The number of benzene rings is 2. The summed E-state index contributed by atoms with van der Waals surface area (Å²) in [5, 5.41) is 3.22. The molecule has 2 aromatic carbocycles. The molecule has 2 heterocycles. The van der Waals surface area contributed by atoms with Gasteiger partial charge >= 0.3 is 0 Å². The third-order valence-corrected chi connectivity index (χ3v) is 5.01. The normalized spacial score (nSPS) is 22.8. The quantitative estimate of drug-likeness (QED) is 0.934. The number of carbonyl (C=O) groups is 1. The number of rotatable bonds is 3. The van der Waals surface area contributed by atoms with Crippen LogP contribution in [-0.2, 0) is 6.54 Å². The number of hydrogen-bond acceptors (Lipinski definition) is 4. The van der Waals surface area contributed by atoms with Crippen molar-refractivity contribution in [3.63, 3.8) is 0 Å². The van der Waals surface area contributed by atoms with Crippen molar-refractivity contribution >= 4 is 5.91 Å². The number of para-hydroxylation sites is 1. The first kappa shape index (κ1) is 16.0. The summed E-state index contributed by atoms with van der Waals surface area (Å²) in [4.78, 5) is 14.9. The summed E-state index contributed by atoms with van der Waals surface area (Å²) >= 11 is 0. The fourth-order valence-corrected chi connectivity index (χ4v) is 3.64. The van der Waals surface area contributed by atoms with Crippen LogP contribution in [0.4, 0.5) is 0 Å². The van der Waals surface area contributed by atoms with E-state index in [9.17, 15) is 4.79 Å². The van der Waals surface area contributed by atoms with Gasteiger partial charge in [0.2, 0.25) is 0 Å². The number of nitrogens with one attached hydrogen (secondary N) is 1. The molecule has 5 heteroatoms. The van der Waals surface area contributed by atoms with Crippen molar-refractivity contribution < 1.29 is 14.3 Å². The highest BCUT2D eigenvalue weighted by Gasteiger charge is 2.42. The van der Waals surface area contributed by atoms with Gasteiger partial charge in [-0.15, -0.1) is 0 Å². The number of ether oxygens (including phenoxy) is 2. The monoisotopic (exact) mass is 338 g/mol. The lowest BCUT2D eigenvalue weighted by Gasteiger charge is -2.28. The molecule has 1 unspecified atom stereocenters. The third-order valence-electron chi connectivity index (χ3n) is 5.01. The average Bonchev–Trinajstić information content (AvgIpc) is 2.97. The predicted octanol–water partition coefficient (Wildman–Crippen LogP) is 2.46. The van der Waals surface area contributed by atoms with Crippen LogP contribution in [0.5, 0.6) is 11.5 Å². The van der Waals surface area contributed by atoms with Crippen LogP contribution in [0.25, 0.3) is 0 Å². The first-order valence-corrected chi connectivity index (χ1v) is 8.57. The van der Waals surface area contributed by atoms with Gasteiger partial charge in [-0.2, -0.15) is 0 Å². The van der Waals surface area contributed by atoms with E-state index in [4.69, 9.17) is 9.47 Å². The second-order valence-corrected chi connectivity index (χ2v) is 6.83. The minimum atomic E-state index is -0.317. The number of amides is 1. The number of methoxy groups -OCH3 is 1. The van der Waals surface area contributed by atoms with E-state index in [2.05, 4.69) is 22.3 Å². The van der Waals surface area contributed by atoms with Gasteiger partial charge in [0.15, 0.2) is 0 Å². The molecule has 130 valence electrons. The lowest BCUT2D eigenvalue weighted by atomic mass is 9.99. The summed E-state index contributed by atoms with van der Waals surface area (Å²) in [6.45, 7) is 3.09. The zero-order valence-corrected chi connectivity index (χ0v) is 14.3. The number of carbonyl (C=O) groups excluding carboxylic acids is 1. The number of likely N-dealkylation sites (tertiary alicyclic amines) is 1. The van der Waals surface area contributed by atoms with Crippen LogP contribution in [0.1, 0.15) is 22.3 Å². The van der Waals surface area contributed by atoms with Crippen LogP contribution < -0.4 is 14.8 Å². The molecule has 0 radical (unpaired) electrons. The molecule has 1 spiro atoms. The smallest absolute Gasteiger partial charge is 0.255 e. The third kappa shape index (κ3) is 3.20. The maximum absolute atomic E-state index is 12.6. The Morgan fingerprint density at radius 1 is 1.20 bits per heavy atom. The molecule has 1 fully saturated rings. The molecule has 1 amide bonds. The second-order valence-electron chi connectivity index (χ2n) is 6.83. The molecule has 5 nitrogen and oxygen atoms in total. The highest BCUT2D eigenvalue weighted by molar-refractivity contribution is 5.97. The number of hydrogen-bond donors (Lipinski definition) is 1. The fraction of sp³-hybridized carbons (Fsp3) is 0.350. The predicted molar refractivity (Wildman–Crippen MR) is 95.0 cm³/mol. The highest BCUT2D eigenvalue weighted by Crippen LogP contribution is 2.30. The Bertz CT molecular complexity index is 775. The maximum Gasteiger partial charge on any atom is 0.255 e. The largest absolute Gasteiger partial charge is 0.497 e. The minimum Gasteiger partial charge on any atom is -0.497 e. The van der Waals surface area contributed by atoms with Gasteiger partial charge in [-0.05, 0) is 36.2 Å². The van der Waals surface area contributed by atoms with Crippen LogP contribution in [0, 0.1) is 0 Å². The van der Waals surface area contributed by atoms with Crippen LogP contribution in [-0.4, -0.2) is 43.2 Å². The van der Waals surface area contributed by atoms with Gasteiger partial charge in [-0.25, -0.2) is 0 Å². The van der Waals surface area contributed by atoms with Crippen LogP contribution in [0.15, 0.2) is 48.5 Å². The van der Waals surface area contributed by atoms with E-state index >= 15 is 0 Å². The van der Waals surface area contributed by atoms with Crippen LogP contribution in [0.2, 0.25) is 0 Å². The summed E-state index contributed by atoms with van der Waals surface area (Å²) in [5.74, 6) is 1.49. The van der Waals surface area contributed by atoms with E-state index in [0.29, 0.717) is 17.9 Å². The van der Waals surface area contributed by atoms with Gasteiger partial charge in [-0.3, -0.25) is 9.69 Å². The summed E-state index contributed by atoms with van der Waals surface area (Å²) < 4.78 is 11.2. The number of fused-ring (bicyclic) bond motifs is 1. The summed E-state index contributed by atoms with van der Waals surface area (Å²) in [7, 11) is 1.67. The SMILES string of the molecule is COc1ccc(CN2CCC3(COc4ccccc4C(=O)N3)C2)cc1. The molecule has 4 rings (SSSR count). The summed E-state index contributed by atoms with van der Waals surface area (Å²) in [5.41, 5.74) is 1.54. The van der Waals surface area contributed by atoms with Gasteiger partial charge in [0, 0.05) is 19.6 Å². The summed E-state index contributed by atoms with van der Waals surface area (Å²) in [6, 6.07) is 15.6. The van der Waals surface area contributed by atoms with Crippen molar-refractivity contribution in [3.05, 3.63) is 59.7 Å². The molecular formula is C20H22N2O3. The number of nitrogens with zero attached hydrogens (tertiary/aromatic N) is 1. The standard InChI is InChI=1S/C20H22N2O3/c1-24-16-8-6-15(7-9-16)12-22-11-10-20(13-22)14-25-18-5-3-2-4-17(18)19(23)21-20/h2-9H,10-14H2,1H3,(H,21,23). The van der Waals surface area contributed by atoms with E-state index in [1.165, 1.54) is 5.56 Å². The molecule has 0 bridgehead atoms. The van der Waals surface area contributed by atoms with E-state index in [0.717, 1.165) is 31.8 Å². The summed E-state index contributed by atoms with van der Waals surface area (Å²) in [6.07, 6.45) is 0.892. The Labute approximate surface area is 147 Å². The van der Waals surface area contributed by atoms with E-state index in [1.54, 1.807) is 7.11 Å². The van der Waals surface area contributed by atoms with E-state index < -0.39 is 0 Å². The average molecular weight is 338 g/mol. The molecule has 0 aromatic heterocycles. The molecule has 1 N–H and O–H groups in total. The van der Waals surface area contributed by atoms with Crippen LogP contribution in [0.3, 0.4) is 0 Å². The first-order valence-electron chi connectivity index (χ1n) is 8.57. The zero-order valence-electron chi connectivity index (χ0n) is 14.3. The molecular weight excluding hydrogens is 316 g/mol. The fourth-order valence-electron chi connectivity index (χ4n) is 3.64. The van der Waals surface area contributed by atoms with Crippen molar-refractivity contribution in [1.82, 2.24) is 10.2 Å². The Morgan fingerprint density at radius 2 is 2.00 bits per heavy atom. The molecule has 2 aliphatic rings. The molecule has 25 heavy (non-hydrogen) atoms. The van der Waals surface area contributed by atoms with Crippen LogP contribution >= 0.6 is 0 Å². The Morgan fingerprint density at radius 3 is 2.80 bits per heavy atom. The Kier molecular flexibility index (Phi) is 4.09. The first-order chi connectivity index (χ1) is 12.2. The zero-order chi connectivity index (χ0) is 17.3. The van der Waals surface area contributed by atoms with E-state index in [-0.39, 0.29) is 11.4 Å². The second kappa shape index (κ2) is 6.41. The lowest BCUT2D eigenvalue weighted by Crippen LogP contribution is -2.53. The van der Waals surface area contributed by atoms with Gasteiger partial charge in [0.25, 0.3) is 5.91 Å². The maximum atomic E-state index is 12.6. The highest BCUT2D eigenvalue weighted by atomic mass is 16.5. The van der Waals surface area contributed by atoms with Crippen molar-refractivity contribution in [2.24, 2.45) is 0 Å². The Balaban J connectivity index is 1.45. The van der Waals surface area contributed by atoms with E-state index in [1.807, 2.05) is 36.4 Å².